The van der Waals surface area contributed by atoms with Gasteiger partial charge in [0.2, 0.25) is 0 Å². The molecule has 4 rings (SSSR count). The average Bonchev–Trinajstić information content (AvgIpc) is 2.90. The fourth-order valence-corrected chi connectivity index (χ4v) is 4.82. The van der Waals surface area contributed by atoms with Gasteiger partial charge in [-0.3, -0.25) is 4.99 Å². The number of para-hydroxylation sites is 1. The van der Waals surface area contributed by atoms with Crippen LogP contribution in [0.1, 0.15) is 31.2 Å². The van der Waals surface area contributed by atoms with Gasteiger partial charge < -0.3 is 25.2 Å². The smallest absolute Gasteiger partial charge is 0.328 e. The van der Waals surface area contributed by atoms with Crippen LogP contribution in [0.3, 0.4) is 0 Å². The number of nitrogens with zero attached hydrogens (tertiary/aromatic N) is 2. The van der Waals surface area contributed by atoms with E-state index in [0.29, 0.717) is 24.8 Å². The van der Waals surface area contributed by atoms with E-state index in [-0.39, 0.29) is 5.82 Å². The van der Waals surface area contributed by atoms with Crippen molar-refractivity contribution in [1.82, 2.24) is 4.90 Å². The first-order valence-corrected chi connectivity index (χ1v) is 13.2. The summed E-state index contributed by atoms with van der Waals surface area (Å²) in [6.07, 6.45) is 5.50. The number of aliphatic carboxylic acids is 2. The monoisotopic (exact) mass is 529 g/mol. The van der Waals surface area contributed by atoms with E-state index < -0.39 is 11.9 Å². The van der Waals surface area contributed by atoms with E-state index in [1.165, 1.54) is 23.4 Å². The van der Waals surface area contributed by atoms with Gasteiger partial charge in [-0.25, -0.2) is 14.0 Å². The standard InChI is InChI=1S/C23H28FN3OS.C4H4O4/c24-19-7-9-21(10-8-19)28-16-4-3-13-27-14-11-20(12-15-27)25-23-26-22-6-2-1-5-18(22)17-29-23;5-3(6)1-2-4(7)8/h1-2,5-10,20H,3-4,11-17H2,(H,25,26);1-2H,(H,5,6)(H,7,8)/b;2-1-. The normalized spacial score (nSPS) is 16.9. The summed E-state index contributed by atoms with van der Waals surface area (Å²) in [7, 11) is 0. The van der Waals surface area contributed by atoms with Gasteiger partial charge in [0.25, 0.3) is 0 Å². The molecule has 2 aromatic rings. The van der Waals surface area contributed by atoms with E-state index in [1.807, 2.05) is 11.8 Å². The Morgan fingerprint density at radius 2 is 1.73 bits per heavy atom. The predicted octanol–water partition coefficient (Wildman–Crippen LogP) is 4.88. The Kier molecular flexibility index (Phi) is 11.4. The first kappa shape index (κ1) is 28.2. The maximum absolute atomic E-state index is 12.9. The molecule has 0 radical (unpaired) electrons. The second-order valence-corrected chi connectivity index (χ2v) is 9.56. The maximum atomic E-state index is 12.9. The van der Waals surface area contributed by atoms with Gasteiger partial charge in [-0.05, 0) is 68.1 Å². The predicted molar refractivity (Wildman–Crippen MR) is 144 cm³/mol. The molecule has 0 spiro atoms. The third kappa shape index (κ3) is 10.6. The summed E-state index contributed by atoms with van der Waals surface area (Å²) in [5.74, 6) is -1.00. The lowest BCUT2D eigenvalue weighted by molar-refractivity contribution is -0.134. The first-order valence-electron chi connectivity index (χ1n) is 12.2. The Morgan fingerprint density at radius 1 is 1.05 bits per heavy atom. The highest BCUT2D eigenvalue weighted by Gasteiger charge is 2.20. The van der Waals surface area contributed by atoms with Crippen LogP contribution < -0.4 is 10.1 Å². The summed E-state index contributed by atoms with van der Waals surface area (Å²) < 4.78 is 18.5. The minimum absolute atomic E-state index is 0.228. The zero-order chi connectivity index (χ0) is 26.5. The molecule has 1 fully saturated rings. The Bertz CT molecular complexity index is 1070. The van der Waals surface area contributed by atoms with Crippen molar-refractivity contribution < 1.29 is 28.9 Å². The van der Waals surface area contributed by atoms with Gasteiger partial charge in [-0.1, -0.05) is 30.0 Å². The van der Waals surface area contributed by atoms with Crippen LogP contribution in [0.25, 0.3) is 0 Å². The molecule has 2 aliphatic heterocycles. The number of aliphatic imine (C=N–C) groups is 1. The van der Waals surface area contributed by atoms with Crippen molar-refractivity contribution in [3.8, 4) is 5.75 Å². The van der Waals surface area contributed by atoms with Crippen LogP contribution in [0, 0.1) is 5.82 Å². The molecule has 37 heavy (non-hydrogen) atoms. The van der Waals surface area contributed by atoms with E-state index in [2.05, 4.69) is 34.5 Å². The number of hydrogen-bond acceptors (Lipinski definition) is 6. The van der Waals surface area contributed by atoms with Crippen molar-refractivity contribution in [2.75, 3.05) is 31.6 Å². The molecule has 198 valence electrons. The number of amidine groups is 1. The summed E-state index contributed by atoms with van der Waals surface area (Å²) in [6.45, 7) is 4.01. The Balaban J connectivity index is 0.000000414. The van der Waals surface area contributed by atoms with Crippen molar-refractivity contribution in [1.29, 1.82) is 0 Å². The second kappa shape index (κ2) is 15.0. The molecule has 0 bridgehead atoms. The number of ether oxygens (including phenoxy) is 1. The number of likely N-dealkylation sites (tertiary alicyclic amines) is 1. The number of piperidine rings is 1. The number of nitrogens with one attached hydrogen (secondary N) is 1. The summed E-state index contributed by atoms with van der Waals surface area (Å²) in [5, 5.41) is 20.2. The number of fused-ring (bicyclic) bond motifs is 1. The average molecular weight is 530 g/mol. The van der Waals surface area contributed by atoms with Crippen LogP contribution in [0.5, 0.6) is 5.75 Å². The number of carboxylic acids is 2. The van der Waals surface area contributed by atoms with Crippen molar-refractivity contribution in [2.45, 2.75) is 37.5 Å². The molecule has 0 amide bonds. The molecule has 3 N–H and O–H groups in total. The molecule has 1 saturated heterocycles. The Morgan fingerprint density at radius 3 is 2.41 bits per heavy atom. The zero-order valence-electron chi connectivity index (χ0n) is 20.5. The van der Waals surface area contributed by atoms with Gasteiger partial charge in [0.1, 0.15) is 11.6 Å². The summed E-state index contributed by atoms with van der Waals surface area (Å²) in [4.78, 5) is 26.6. The molecule has 10 heteroatoms. The highest BCUT2D eigenvalue weighted by atomic mass is 32.2. The molecule has 8 nitrogen and oxygen atoms in total. The molecular formula is C27H32FN3O5S. The number of carboxylic acid groups (broad SMARTS) is 2. The highest BCUT2D eigenvalue weighted by Crippen LogP contribution is 2.29. The zero-order valence-corrected chi connectivity index (χ0v) is 21.3. The molecule has 0 atom stereocenters. The summed E-state index contributed by atoms with van der Waals surface area (Å²) in [6, 6.07) is 15.1. The van der Waals surface area contributed by atoms with Crippen molar-refractivity contribution in [3.05, 3.63) is 72.1 Å². The van der Waals surface area contributed by atoms with E-state index in [1.54, 1.807) is 12.1 Å². The third-order valence-electron chi connectivity index (χ3n) is 5.80. The van der Waals surface area contributed by atoms with Crippen LogP contribution >= 0.6 is 11.8 Å². The Hall–Kier alpha value is -3.37. The van der Waals surface area contributed by atoms with Crippen molar-refractivity contribution in [2.24, 2.45) is 4.99 Å². The molecule has 0 unspecified atom stereocenters. The van der Waals surface area contributed by atoms with Crippen LogP contribution in [0.4, 0.5) is 10.1 Å². The van der Waals surface area contributed by atoms with E-state index in [0.717, 1.165) is 62.0 Å². The number of unbranched alkanes of at least 4 members (excludes halogenated alkanes) is 1. The third-order valence-corrected chi connectivity index (χ3v) is 6.74. The molecular weight excluding hydrogens is 497 g/mol. The second-order valence-electron chi connectivity index (χ2n) is 8.60. The number of halogens is 1. The molecule has 0 saturated carbocycles. The molecule has 0 aromatic heterocycles. The van der Waals surface area contributed by atoms with Crippen LogP contribution in [-0.4, -0.2) is 64.5 Å². The fraction of sp³-hybridized carbons (Fsp3) is 0.370. The summed E-state index contributed by atoms with van der Waals surface area (Å²) >= 11 is 1.81. The topological polar surface area (TPSA) is 111 Å². The van der Waals surface area contributed by atoms with E-state index in [9.17, 15) is 14.0 Å². The molecule has 0 aliphatic carbocycles. The first-order chi connectivity index (χ1) is 17.9. The lowest BCUT2D eigenvalue weighted by atomic mass is 10.1. The molecule has 2 aromatic carbocycles. The quantitative estimate of drug-likeness (QED) is 0.312. The SMILES string of the molecule is Fc1ccc(OCCCCN2CCC(N=C3Nc4ccccc4CS3)CC2)cc1.O=C(O)/C=C\C(=O)O. The molecule has 2 heterocycles. The fourth-order valence-electron chi connectivity index (χ4n) is 3.87. The lowest BCUT2D eigenvalue weighted by Gasteiger charge is -2.31. The van der Waals surface area contributed by atoms with Crippen molar-refractivity contribution in [3.63, 3.8) is 0 Å². The minimum Gasteiger partial charge on any atom is -0.494 e. The van der Waals surface area contributed by atoms with E-state index in [4.69, 9.17) is 19.9 Å². The van der Waals surface area contributed by atoms with Gasteiger partial charge in [0, 0.05) is 36.7 Å². The Labute approximate surface area is 220 Å². The lowest BCUT2D eigenvalue weighted by Crippen LogP contribution is -2.36. The molecule has 2 aliphatic rings. The number of hydrogen-bond donors (Lipinski definition) is 3. The number of benzene rings is 2. The summed E-state index contributed by atoms with van der Waals surface area (Å²) in [5.41, 5.74) is 2.56. The number of rotatable bonds is 9. The maximum Gasteiger partial charge on any atom is 0.328 e. The largest absolute Gasteiger partial charge is 0.494 e. The van der Waals surface area contributed by atoms with E-state index >= 15 is 0 Å². The highest BCUT2D eigenvalue weighted by molar-refractivity contribution is 8.13. The van der Waals surface area contributed by atoms with Gasteiger partial charge in [0.15, 0.2) is 5.17 Å². The van der Waals surface area contributed by atoms with Crippen LogP contribution in [0.15, 0.2) is 65.7 Å². The van der Waals surface area contributed by atoms with Crippen LogP contribution in [0.2, 0.25) is 0 Å². The van der Waals surface area contributed by atoms with Gasteiger partial charge in [0.05, 0.1) is 12.6 Å². The van der Waals surface area contributed by atoms with Crippen molar-refractivity contribution >= 4 is 34.6 Å². The van der Waals surface area contributed by atoms with Gasteiger partial charge >= 0.3 is 11.9 Å². The minimum atomic E-state index is -1.26. The number of carbonyl (C=O) groups is 2. The van der Waals surface area contributed by atoms with Crippen LogP contribution in [-0.2, 0) is 15.3 Å². The van der Waals surface area contributed by atoms with Gasteiger partial charge in [-0.15, -0.1) is 0 Å². The number of anilines is 1. The number of thioether (sulfide) groups is 1. The van der Waals surface area contributed by atoms with Gasteiger partial charge in [-0.2, -0.15) is 0 Å².